The van der Waals surface area contributed by atoms with Crippen molar-refractivity contribution in [3.63, 3.8) is 0 Å². The van der Waals surface area contributed by atoms with Gasteiger partial charge in [-0.25, -0.2) is 14.9 Å². The molecule has 0 spiro atoms. The lowest BCUT2D eigenvalue weighted by Gasteiger charge is -2.55. The lowest BCUT2D eigenvalue weighted by atomic mass is 9.69. The van der Waals surface area contributed by atoms with Crippen molar-refractivity contribution < 1.29 is 153 Å². The van der Waals surface area contributed by atoms with Crippen LogP contribution in [0.5, 0.6) is 23.0 Å². The van der Waals surface area contributed by atoms with Crippen LogP contribution in [0.1, 0.15) is 18.1 Å². The van der Waals surface area contributed by atoms with Crippen LogP contribution in [0, 0.1) is 0 Å². The summed E-state index contributed by atoms with van der Waals surface area (Å²) in [5, 5.41) is 23.7. The molecular formula is C37H22F18O16S4. The zero-order valence-corrected chi connectivity index (χ0v) is 38.8. The average molecular weight is 1190 g/mol. The van der Waals surface area contributed by atoms with Gasteiger partial charge in [-0.15, -0.1) is 8.67 Å². The van der Waals surface area contributed by atoms with E-state index in [1.54, 1.807) is 0 Å². The fourth-order valence-electron chi connectivity index (χ4n) is 7.45. The number of rotatable bonds is 18. The molecule has 0 radical (unpaired) electrons. The van der Waals surface area contributed by atoms with Gasteiger partial charge in [0, 0.05) is 0 Å². The zero-order chi connectivity index (χ0) is 57.0. The fourth-order valence-corrected chi connectivity index (χ4v) is 9.71. The number of hydrogen-bond acceptors (Lipinski definition) is 16. The highest BCUT2D eigenvalue weighted by atomic mass is 32.2. The molecule has 2 aliphatic rings. The van der Waals surface area contributed by atoms with Crippen LogP contribution in [0.2, 0.25) is 0 Å². The van der Waals surface area contributed by atoms with Crippen LogP contribution in [0.15, 0.2) is 92.4 Å². The van der Waals surface area contributed by atoms with Gasteiger partial charge in [-0.1, -0.05) is 34.3 Å². The SMILES string of the molecule is COc1ccc(C(c2ccc(OC3(F)C(F)(F)C(F)(F)C3(F)Oc3ccc(-c4ccc(OC5(F)C(C)(F)C(F)(F)C5(F)F)c(SOOO)c4)cc3S(=O)(=O)O)c(SOOO)c2)(C(F)(F)F)C(F)(F)F)cc1S(=O)(=O)O. The van der Waals surface area contributed by atoms with E-state index < -0.39 is 174 Å². The van der Waals surface area contributed by atoms with Crippen LogP contribution in [0.4, 0.5) is 79.0 Å². The molecule has 2 saturated carbocycles. The molecule has 0 aromatic heterocycles. The molecule has 4 aromatic carbocycles. The Kier molecular flexibility index (Phi) is 14.8. The average Bonchev–Trinajstić information content (AvgIpc) is 3.28. The number of halogens is 18. The Labute approximate surface area is 412 Å². The minimum absolute atomic E-state index is 0.0116. The second-order valence-electron chi connectivity index (χ2n) is 15.4. The number of methoxy groups -OCH3 is 1. The molecule has 16 nitrogen and oxygen atoms in total. The molecule has 416 valence electrons. The Morgan fingerprint density at radius 3 is 1.27 bits per heavy atom. The maximum absolute atomic E-state index is 16.6. The van der Waals surface area contributed by atoms with E-state index in [1.165, 1.54) is 0 Å². The molecule has 2 fully saturated rings. The van der Waals surface area contributed by atoms with E-state index >= 15 is 57.1 Å². The Morgan fingerprint density at radius 1 is 0.480 bits per heavy atom. The minimum atomic E-state index is -6.71. The molecule has 0 heterocycles. The first kappa shape index (κ1) is 59.3. The van der Waals surface area contributed by atoms with Gasteiger partial charge >= 0.3 is 53.6 Å². The van der Waals surface area contributed by atoms with Crippen LogP contribution < -0.4 is 18.9 Å². The van der Waals surface area contributed by atoms with Gasteiger partial charge in [0.25, 0.3) is 25.9 Å². The van der Waals surface area contributed by atoms with Crippen molar-refractivity contribution in [2.45, 2.75) is 91.2 Å². The van der Waals surface area contributed by atoms with Crippen molar-refractivity contribution in [2.24, 2.45) is 0 Å². The summed E-state index contributed by atoms with van der Waals surface area (Å²) < 4.78 is 364. The van der Waals surface area contributed by atoms with Crippen LogP contribution in [-0.4, -0.2) is 103 Å². The molecule has 0 amide bonds. The molecule has 38 heteroatoms. The Morgan fingerprint density at radius 2 is 0.840 bits per heavy atom. The van der Waals surface area contributed by atoms with E-state index in [0.717, 1.165) is 0 Å². The summed E-state index contributed by atoms with van der Waals surface area (Å²) >= 11 is -1.25. The van der Waals surface area contributed by atoms with Crippen molar-refractivity contribution in [2.75, 3.05) is 7.11 Å². The predicted molar refractivity (Wildman–Crippen MR) is 208 cm³/mol. The van der Waals surface area contributed by atoms with E-state index in [4.69, 9.17) is 10.5 Å². The van der Waals surface area contributed by atoms with Gasteiger partial charge in [0.05, 0.1) is 41.0 Å². The first-order valence-corrected chi connectivity index (χ1v) is 23.2. The quantitative estimate of drug-likeness (QED) is 0.0239. The molecule has 6 rings (SSSR count). The lowest BCUT2D eigenvalue weighted by Crippen LogP contribution is -2.89. The summed E-state index contributed by atoms with van der Waals surface area (Å²) in [6.45, 7) is -0.316. The number of alkyl halides is 18. The van der Waals surface area contributed by atoms with E-state index in [1.807, 2.05) is 0 Å². The van der Waals surface area contributed by atoms with Gasteiger partial charge in [-0.3, -0.25) is 9.11 Å². The first-order valence-electron chi connectivity index (χ1n) is 18.8. The molecule has 4 unspecified atom stereocenters. The summed E-state index contributed by atoms with van der Waals surface area (Å²) in [6.07, 6.45) is -13.4. The van der Waals surface area contributed by atoms with Gasteiger partial charge in [-0.2, -0.15) is 91.5 Å². The molecule has 0 saturated heterocycles. The molecule has 75 heavy (non-hydrogen) atoms. The summed E-state index contributed by atoms with van der Waals surface area (Å²) in [6, 6.07) is 0.453. The summed E-state index contributed by atoms with van der Waals surface area (Å²) in [7, 11) is -11.2. The highest BCUT2D eigenvalue weighted by Gasteiger charge is 3.03. The summed E-state index contributed by atoms with van der Waals surface area (Å²) in [5.41, 5.74) is -16.0. The van der Waals surface area contributed by atoms with Crippen LogP contribution in [-0.2, 0) is 44.4 Å². The zero-order valence-electron chi connectivity index (χ0n) is 35.6. The van der Waals surface area contributed by atoms with E-state index in [0.29, 0.717) is 31.4 Å². The van der Waals surface area contributed by atoms with E-state index in [-0.39, 0.29) is 55.4 Å². The minimum Gasteiger partial charge on any atom is -0.495 e. The Balaban J connectivity index is 1.46. The largest absolute Gasteiger partial charge is 0.495 e. The van der Waals surface area contributed by atoms with Crippen molar-refractivity contribution in [1.82, 2.24) is 0 Å². The van der Waals surface area contributed by atoms with Gasteiger partial charge < -0.3 is 18.9 Å². The topological polar surface area (TPSA) is 223 Å². The standard InChI is InChI=1S/C37H22F18O16S4/c1-27(38)29(39,40)30(41,42)33(27,47)65-19-7-3-15(11-23(19)72-70-68-56)16-4-8-22(25(12-16)74(58,59)60)67-35(49)32(45,46)31(43,44)34(35,48)66-20-9-5-17(13-24(20)73-71-69-57)28(36(50,51)52,37(53,54)55)18-6-10-21(64-2)26(14-18)75(61,62)63/h3-14,56-57H,1-2H3,(H,58,59,60)(H,61,62,63). The molecule has 2 aliphatic carbocycles. The highest BCUT2D eigenvalue weighted by Crippen LogP contribution is 2.70. The Hall–Kier alpha value is -4.90. The molecule has 0 aliphatic heterocycles. The fraction of sp³-hybridized carbons (Fsp3) is 0.351. The third-order valence-electron chi connectivity index (χ3n) is 11.3. The van der Waals surface area contributed by atoms with E-state index in [2.05, 4.69) is 37.7 Å². The monoisotopic (exact) mass is 1190 g/mol. The maximum Gasteiger partial charge on any atom is 0.411 e. The number of benzene rings is 4. The molecular weight excluding hydrogens is 1170 g/mol. The van der Waals surface area contributed by atoms with Crippen molar-refractivity contribution in [3.8, 4) is 34.1 Å². The van der Waals surface area contributed by atoms with Crippen LogP contribution >= 0.6 is 24.1 Å². The smallest absolute Gasteiger partial charge is 0.411 e. The van der Waals surface area contributed by atoms with Gasteiger partial charge in [0.2, 0.25) is 5.41 Å². The molecule has 4 aromatic rings. The van der Waals surface area contributed by atoms with Gasteiger partial charge in [0.15, 0.2) is 0 Å². The second-order valence-corrected chi connectivity index (χ2v) is 19.7. The Bertz CT molecular complexity index is 3080. The van der Waals surface area contributed by atoms with E-state index in [9.17, 15) is 47.9 Å². The van der Waals surface area contributed by atoms with Crippen molar-refractivity contribution in [3.05, 3.63) is 83.9 Å². The summed E-state index contributed by atoms with van der Waals surface area (Å²) in [5.74, 6) is -48.7. The van der Waals surface area contributed by atoms with Crippen molar-refractivity contribution >= 4 is 44.3 Å². The lowest BCUT2D eigenvalue weighted by molar-refractivity contribution is -0.527. The second kappa shape index (κ2) is 18.6. The third kappa shape index (κ3) is 8.61. The normalized spacial score (nSPS) is 25.2. The molecule has 0 bridgehead atoms. The number of hydrogen-bond donors (Lipinski definition) is 4. The summed E-state index contributed by atoms with van der Waals surface area (Å²) in [4.78, 5) is -6.44. The molecule has 4 N–H and O–H groups in total. The van der Waals surface area contributed by atoms with Crippen molar-refractivity contribution in [1.29, 1.82) is 0 Å². The predicted octanol–water partition coefficient (Wildman–Crippen LogP) is 11.3. The van der Waals surface area contributed by atoms with Crippen LogP contribution in [0.3, 0.4) is 0 Å². The first-order chi connectivity index (χ1) is 34.0. The maximum atomic E-state index is 16.6. The number of ether oxygens (including phenoxy) is 4. The molecule has 4 atom stereocenters. The van der Waals surface area contributed by atoms with Gasteiger partial charge in [0.1, 0.15) is 32.8 Å². The van der Waals surface area contributed by atoms with Crippen LogP contribution in [0.25, 0.3) is 11.1 Å². The highest BCUT2D eigenvalue weighted by molar-refractivity contribution is 7.95. The third-order valence-corrected chi connectivity index (χ3v) is 14.3. The van der Waals surface area contributed by atoms with Gasteiger partial charge in [-0.05, 0) is 77.7 Å².